The maximum absolute atomic E-state index is 6.42. The van der Waals surface area contributed by atoms with E-state index in [-0.39, 0.29) is 6.10 Å². The second-order valence-electron chi connectivity index (χ2n) is 6.47. The van der Waals surface area contributed by atoms with Crippen molar-refractivity contribution in [2.45, 2.75) is 32.8 Å². The van der Waals surface area contributed by atoms with Gasteiger partial charge in [0.15, 0.2) is 5.65 Å². The molecule has 0 bridgehead atoms. The van der Waals surface area contributed by atoms with Gasteiger partial charge in [-0.1, -0.05) is 29.8 Å². The van der Waals surface area contributed by atoms with Crippen LogP contribution in [0.4, 0.5) is 5.82 Å². The molecule has 1 aromatic carbocycles. The predicted molar refractivity (Wildman–Crippen MR) is 100 cm³/mol. The van der Waals surface area contributed by atoms with E-state index in [1.807, 2.05) is 48.7 Å². The van der Waals surface area contributed by atoms with E-state index in [9.17, 15) is 0 Å². The molecule has 0 aliphatic carbocycles. The molecule has 0 radical (unpaired) electrons. The Hall–Kier alpha value is -2.11. The molecule has 0 unspecified atom stereocenters. The summed E-state index contributed by atoms with van der Waals surface area (Å²) in [6.45, 7) is 5.62. The van der Waals surface area contributed by atoms with E-state index >= 15 is 0 Å². The topological polar surface area (TPSA) is 51.5 Å². The summed E-state index contributed by atoms with van der Waals surface area (Å²) < 4.78 is 7.58. The minimum atomic E-state index is 0.267. The summed E-state index contributed by atoms with van der Waals surface area (Å²) in [6, 6.07) is 9.84. The van der Waals surface area contributed by atoms with Crippen molar-refractivity contribution in [1.82, 2.24) is 14.6 Å². The summed E-state index contributed by atoms with van der Waals surface area (Å²) in [5, 5.41) is 8.89. The molecule has 25 heavy (non-hydrogen) atoms. The number of nitrogens with zero attached hydrogens (tertiary/aromatic N) is 3. The Labute approximate surface area is 152 Å². The van der Waals surface area contributed by atoms with Crippen LogP contribution in [0.5, 0.6) is 0 Å². The Morgan fingerprint density at radius 1 is 1.32 bits per heavy atom. The Morgan fingerprint density at radius 2 is 2.16 bits per heavy atom. The Kier molecular flexibility index (Phi) is 4.36. The summed E-state index contributed by atoms with van der Waals surface area (Å²) in [4.78, 5) is 4.72. The Balaban J connectivity index is 1.78. The third kappa shape index (κ3) is 3.10. The molecule has 2 aromatic heterocycles. The van der Waals surface area contributed by atoms with Crippen molar-refractivity contribution in [2.75, 3.05) is 18.5 Å². The second-order valence-corrected chi connectivity index (χ2v) is 6.88. The lowest BCUT2D eigenvalue weighted by Gasteiger charge is -2.13. The van der Waals surface area contributed by atoms with Crippen molar-refractivity contribution >= 4 is 23.1 Å². The number of ether oxygens (including phenoxy) is 1. The normalized spacial score (nSPS) is 17.3. The van der Waals surface area contributed by atoms with Gasteiger partial charge in [-0.2, -0.15) is 9.61 Å². The van der Waals surface area contributed by atoms with E-state index in [0.29, 0.717) is 5.02 Å². The van der Waals surface area contributed by atoms with Gasteiger partial charge in [-0.25, -0.2) is 4.98 Å². The van der Waals surface area contributed by atoms with Gasteiger partial charge in [0.1, 0.15) is 5.82 Å². The number of anilines is 1. The van der Waals surface area contributed by atoms with Crippen LogP contribution < -0.4 is 5.32 Å². The molecule has 6 heteroatoms. The van der Waals surface area contributed by atoms with Crippen LogP contribution in [-0.4, -0.2) is 33.9 Å². The molecule has 1 atom stereocenters. The molecule has 5 nitrogen and oxygen atoms in total. The van der Waals surface area contributed by atoms with Crippen LogP contribution in [0.3, 0.4) is 0 Å². The number of hydrogen-bond acceptors (Lipinski definition) is 4. The van der Waals surface area contributed by atoms with E-state index < -0.39 is 0 Å². The monoisotopic (exact) mass is 356 g/mol. The summed E-state index contributed by atoms with van der Waals surface area (Å²) in [5.74, 6) is 0.930. The summed E-state index contributed by atoms with van der Waals surface area (Å²) >= 11 is 6.42. The molecule has 130 valence electrons. The third-order valence-electron chi connectivity index (χ3n) is 4.57. The number of aryl methyl sites for hydroxylation is 2. The molecule has 1 aliphatic heterocycles. The molecular weight excluding hydrogens is 336 g/mol. The van der Waals surface area contributed by atoms with E-state index in [1.54, 1.807) is 0 Å². The fourth-order valence-electron chi connectivity index (χ4n) is 3.37. The van der Waals surface area contributed by atoms with E-state index in [0.717, 1.165) is 60.0 Å². The smallest absolute Gasteiger partial charge is 0.165 e. The van der Waals surface area contributed by atoms with Crippen LogP contribution in [0.25, 0.3) is 16.8 Å². The number of fused-ring (bicyclic) bond motifs is 1. The van der Waals surface area contributed by atoms with Crippen molar-refractivity contribution in [2.24, 2.45) is 0 Å². The van der Waals surface area contributed by atoms with Gasteiger partial charge >= 0.3 is 0 Å². The number of hydrogen-bond donors (Lipinski definition) is 1. The van der Waals surface area contributed by atoms with Gasteiger partial charge in [0.05, 0.1) is 17.4 Å². The molecule has 1 saturated heterocycles. The predicted octanol–water partition coefficient (Wildman–Crippen LogP) is 4.26. The van der Waals surface area contributed by atoms with Crippen molar-refractivity contribution in [3.8, 4) is 11.1 Å². The zero-order valence-electron chi connectivity index (χ0n) is 14.4. The molecule has 0 saturated carbocycles. The first-order valence-electron chi connectivity index (χ1n) is 8.61. The fourth-order valence-corrected chi connectivity index (χ4v) is 3.60. The third-order valence-corrected chi connectivity index (χ3v) is 4.90. The minimum absolute atomic E-state index is 0.267. The molecule has 3 heterocycles. The van der Waals surface area contributed by atoms with Crippen molar-refractivity contribution in [1.29, 1.82) is 0 Å². The number of benzene rings is 1. The maximum atomic E-state index is 6.42. The molecule has 1 aliphatic rings. The number of nitrogens with one attached hydrogen (secondary N) is 1. The average Bonchev–Trinajstić information content (AvgIpc) is 3.21. The van der Waals surface area contributed by atoms with Gasteiger partial charge in [-0.05, 0) is 32.8 Å². The second kappa shape index (κ2) is 6.65. The molecule has 1 fully saturated rings. The molecular formula is C19H21ClN4O. The van der Waals surface area contributed by atoms with E-state index in [1.165, 1.54) is 0 Å². The fraction of sp³-hybridized carbons (Fsp3) is 0.368. The molecule has 0 amide bonds. The zero-order valence-corrected chi connectivity index (χ0v) is 15.2. The van der Waals surface area contributed by atoms with Gasteiger partial charge in [-0.15, -0.1) is 0 Å². The first-order chi connectivity index (χ1) is 12.1. The number of aromatic nitrogens is 3. The Morgan fingerprint density at radius 3 is 2.92 bits per heavy atom. The highest BCUT2D eigenvalue weighted by molar-refractivity contribution is 6.33. The first kappa shape index (κ1) is 16.4. The standard InChI is InChI=1S/C19H21ClN4O/c1-12-10-17(21-11-14-6-5-9-25-14)24-19(22-12)18(13(2)23-24)15-7-3-4-8-16(15)20/h3-4,7-8,10,14,21H,5-6,9,11H2,1-2H3/t14-/m0/s1. The van der Waals surface area contributed by atoms with Crippen LogP contribution >= 0.6 is 11.6 Å². The summed E-state index contributed by atoms with van der Waals surface area (Å²) in [5.41, 5.74) is 4.61. The number of halogens is 1. The van der Waals surface area contributed by atoms with Gasteiger partial charge in [0, 0.05) is 35.5 Å². The highest BCUT2D eigenvalue weighted by atomic mass is 35.5. The van der Waals surface area contributed by atoms with Gasteiger partial charge < -0.3 is 10.1 Å². The molecule has 0 spiro atoms. The van der Waals surface area contributed by atoms with Crippen LogP contribution in [0.2, 0.25) is 5.02 Å². The molecule has 3 aromatic rings. The lowest BCUT2D eigenvalue weighted by Crippen LogP contribution is -2.20. The van der Waals surface area contributed by atoms with E-state index in [4.69, 9.17) is 26.4 Å². The van der Waals surface area contributed by atoms with E-state index in [2.05, 4.69) is 5.32 Å². The largest absolute Gasteiger partial charge is 0.376 e. The van der Waals surface area contributed by atoms with Gasteiger partial charge in [-0.3, -0.25) is 0 Å². The van der Waals surface area contributed by atoms with Crippen LogP contribution in [0.15, 0.2) is 30.3 Å². The zero-order chi connectivity index (χ0) is 17.4. The highest BCUT2D eigenvalue weighted by Gasteiger charge is 2.19. The average molecular weight is 357 g/mol. The van der Waals surface area contributed by atoms with Crippen molar-refractivity contribution in [3.63, 3.8) is 0 Å². The molecule has 4 rings (SSSR count). The van der Waals surface area contributed by atoms with Gasteiger partial charge in [0.2, 0.25) is 0 Å². The lowest BCUT2D eigenvalue weighted by atomic mass is 10.1. The van der Waals surface area contributed by atoms with Crippen LogP contribution in [0.1, 0.15) is 24.2 Å². The van der Waals surface area contributed by atoms with Crippen LogP contribution in [0, 0.1) is 13.8 Å². The highest BCUT2D eigenvalue weighted by Crippen LogP contribution is 2.33. The maximum Gasteiger partial charge on any atom is 0.165 e. The quantitative estimate of drug-likeness (QED) is 0.759. The van der Waals surface area contributed by atoms with Crippen LogP contribution in [-0.2, 0) is 4.74 Å². The molecule has 1 N–H and O–H groups in total. The van der Waals surface area contributed by atoms with Crippen molar-refractivity contribution in [3.05, 3.63) is 46.7 Å². The summed E-state index contributed by atoms with van der Waals surface area (Å²) in [7, 11) is 0. The Bertz CT molecular complexity index is 915. The van der Waals surface area contributed by atoms with Crippen molar-refractivity contribution < 1.29 is 4.74 Å². The first-order valence-corrected chi connectivity index (χ1v) is 8.98. The minimum Gasteiger partial charge on any atom is -0.376 e. The van der Waals surface area contributed by atoms with Gasteiger partial charge in [0.25, 0.3) is 0 Å². The summed E-state index contributed by atoms with van der Waals surface area (Å²) in [6.07, 6.45) is 2.50. The lowest BCUT2D eigenvalue weighted by molar-refractivity contribution is 0.120. The SMILES string of the molecule is Cc1cc(NC[C@@H]2CCCO2)n2nc(C)c(-c3ccccc3Cl)c2n1. The number of rotatable bonds is 4.